The first-order valence-electron chi connectivity index (χ1n) is 7.56. The Balaban J connectivity index is 1.75. The van der Waals surface area contributed by atoms with E-state index in [1.54, 1.807) is 24.3 Å². The second-order valence-corrected chi connectivity index (χ2v) is 5.56. The number of aromatic hydroxyl groups is 2. The summed E-state index contributed by atoms with van der Waals surface area (Å²) < 4.78 is 0. The van der Waals surface area contributed by atoms with Crippen molar-refractivity contribution in [3.8, 4) is 11.5 Å². The molecule has 0 spiro atoms. The van der Waals surface area contributed by atoms with Crippen LogP contribution in [0.4, 0.5) is 0 Å². The van der Waals surface area contributed by atoms with E-state index in [1.165, 1.54) is 24.4 Å². The summed E-state index contributed by atoms with van der Waals surface area (Å²) in [7, 11) is 0. The predicted octanol–water partition coefficient (Wildman–Crippen LogP) is 1.03. The van der Waals surface area contributed by atoms with E-state index in [-0.39, 0.29) is 23.6 Å². The van der Waals surface area contributed by atoms with Crippen LogP contribution in [0.25, 0.3) is 5.57 Å². The molecular formula is C18H16N2O5. The summed E-state index contributed by atoms with van der Waals surface area (Å²) in [5.74, 6) is -1.56. The van der Waals surface area contributed by atoms with Gasteiger partial charge >= 0.3 is 0 Å². The molecule has 0 bridgehead atoms. The fourth-order valence-corrected chi connectivity index (χ4v) is 2.56. The van der Waals surface area contributed by atoms with Gasteiger partial charge in [0.1, 0.15) is 0 Å². The van der Waals surface area contributed by atoms with Crippen LogP contribution in [0.5, 0.6) is 11.5 Å². The zero-order valence-corrected chi connectivity index (χ0v) is 13.1. The number of phenols is 2. The Kier molecular flexibility index (Phi) is 4.40. The van der Waals surface area contributed by atoms with Crippen LogP contribution in [0.1, 0.15) is 27.6 Å². The zero-order chi connectivity index (χ0) is 18.0. The van der Waals surface area contributed by atoms with E-state index in [9.17, 15) is 24.9 Å². The average Bonchev–Trinajstić information content (AvgIpc) is 2.60. The molecule has 2 amide bonds. The Labute approximate surface area is 143 Å². The van der Waals surface area contributed by atoms with E-state index in [0.29, 0.717) is 16.7 Å². The number of aliphatic hydroxyl groups is 1. The minimum atomic E-state index is -0.966. The summed E-state index contributed by atoms with van der Waals surface area (Å²) in [6.07, 6.45) is 0.469. The fourth-order valence-electron chi connectivity index (χ4n) is 2.56. The number of carbonyl (C=O) groups excluding carboxylic acids is 2. The van der Waals surface area contributed by atoms with Gasteiger partial charge in [-0.1, -0.05) is 24.3 Å². The molecule has 3 rings (SSSR count). The lowest BCUT2D eigenvalue weighted by Crippen LogP contribution is -2.37. The molecule has 1 heterocycles. The highest BCUT2D eigenvalue weighted by atomic mass is 16.3. The molecule has 7 nitrogen and oxygen atoms in total. The molecule has 1 aliphatic heterocycles. The van der Waals surface area contributed by atoms with Crippen molar-refractivity contribution in [2.45, 2.75) is 6.10 Å². The molecule has 128 valence electrons. The maximum Gasteiger partial charge on any atom is 0.260 e. The lowest BCUT2D eigenvalue weighted by atomic mass is 9.95. The largest absolute Gasteiger partial charge is 0.504 e. The highest BCUT2D eigenvalue weighted by Crippen LogP contribution is 2.28. The van der Waals surface area contributed by atoms with E-state index < -0.39 is 17.9 Å². The Morgan fingerprint density at radius 2 is 1.72 bits per heavy atom. The number of benzene rings is 2. The molecule has 0 aromatic heterocycles. The summed E-state index contributed by atoms with van der Waals surface area (Å²) >= 11 is 0. The lowest BCUT2D eigenvalue weighted by molar-refractivity contribution is -0.114. The third-order valence-corrected chi connectivity index (χ3v) is 3.88. The molecule has 2 aromatic carbocycles. The van der Waals surface area contributed by atoms with Crippen molar-refractivity contribution >= 4 is 17.4 Å². The molecule has 1 aliphatic rings. The molecule has 1 atom stereocenters. The third kappa shape index (κ3) is 3.31. The van der Waals surface area contributed by atoms with Gasteiger partial charge < -0.3 is 20.6 Å². The predicted molar refractivity (Wildman–Crippen MR) is 89.6 cm³/mol. The maximum atomic E-state index is 12.0. The standard InChI is InChI=1S/C18H16N2O5/c21-14-6-5-10(7-15(14)22)16(23)9-19-8-13-11-3-1-2-4-12(11)17(24)20-18(13)25/h1-8,16,19,21-23H,9H2,(H,20,24,25). The van der Waals surface area contributed by atoms with Gasteiger partial charge in [-0.3, -0.25) is 14.9 Å². The molecule has 0 fully saturated rings. The smallest absolute Gasteiger partial charge is 0.260 e. The van der Waals surface area contributed by atoms with Crippen LogP contribution in [-0.4, -0.2) is 33.7 Å². The number of fused-ring (bicyclic) bond motifs is 1. The van der Waals surface area contributed by atoms with Crippen LogP contribution in [0, 0.1) is 0 Å². The molecule has 25 heavy (non-hydrogen) atoms. The summed E-state index contributed by atoms with van der Waals surface area (Å²) in [6, 6.07) is 10.8. The molecule has 0 aliphatic carbocycles. The van der Waals surface area contributed by atoms with Crippen LogP contribution >= 0.6 is 0 Å². The van der Waals surface area contributed by atoms with Crippen LogP contribution in [-0.2, 0) is 4.79 Å². The number of amides is 2. The number of hydrogen-bond donors (Lipinski definition) is 5. The average molecular weight is 340 g/mol. The van der Waals surface area contributed by atoms with E-state index in [1.807, 2.05) is 0 Å². The Morgan fingerprint density at radius 3 is 2.44 bits per heavy atom. The molecule has 0 saturated carbocycles. The van der Waals surface area contributed by atoms with Gasteiger partial charge in [-0.2, -0.15) is 0 Å². The van der Waals surface area contributed by atoms with Gasteiger partial charge in [0.15, 0.2) is 11.5 Å². The monoisotopic (exact) mass is 340 g/mol. The molecule has 5 N–H and O–H groups in total. The first kappa shape index (κ1) is 16.5. The second-order valence-electron chi connectivity index (χ2n) is 5.56. The quantitative estimate of drug-likeness (QED) is 0.322. The van der Waals surface area contributed by atoms with Crippen LogP contribution in [0.3, 0.4) is 0 Å². The van der Waals surface area contributed by atoms with E-state index in [4.69, 9.17) is 0 Å². The Hall–Kier alpha value is -3.32. The number of rotatable bonds is 4. The molecule has 0 radical (unpaired) electrons. The molecular weight excluding hydrogens is 324 g/mol. The van der Waals surface area contributed by atoms with Gasteiger partial charge in [0, 0.05) is 23.9 Å². The number of carbonyl (C=O) groups is 2. The summed E-state index contributed by atoms with van der Waals surface area (Å²) in [5.41, 5.74) is 1.61. The number of nitrogens with one attached hydrogen (secondary N) is 2. The fraction of sp³-hybridized carbons (Fsp3) is 0.111. The summed E-state index contributed by atoms with van der Waals surface area (Å²) in [4.78, 5) is 23.8. The summed E-state index contributed by atoms with van der Waals surface area (Å²) in [5, 5.41) is 34.0. The van der Waals surface area contributed by atoms with Gasteiger partial charge in [-0.15, -0.1) is 0 Å². The normalized spacial score (nSPS) is 16.3. The van der Waals surface area contributed by atoms with Crippen molar-refractivity contribution in [3.05, 3.63) is 65.4 Å². The first-order chi connectivity index (χ1) is 12.0. The zero-order valence-electron chi connectivity index (χ0n) is 13.1. The van der Waals surface area contributed by atoms with Crippen molar-refractivity contribution in [2.24, 2.45) is 0 Å². The first-order valence-corrected chi connectivity index (χ1v) is 7.56. The summed E-state index contributed by atoms with van der Waals surface area (Å²) in [6.45, 7) is 0.0666. The minimum Gasteiger partial charge on any atom is -0.504 e. The highest BCUT2D eigenvalue weighted by molar-refractivity contribution is 6.30. The van der Waals surface area contributed by atoms with Gasteiger partial charge in [0.25, 0.3) is 11.8 Å². The van der Waals surface area contributed by atoms with Crippen molar-refractivity contribution < 1.29 is 24.9 Å². The number of aliphatic hydroxyl groups excluding tert-OH is 1. The van der Waals surface area contributed by atoms with E-state index in [0.717, 1.165) is 0 Å². The second kappa shape index (κ2) is 6.66. The van der Waals surface area contributed by atoms with Crippen molar-refractivity contribution in [1.82, 2.24) is 10.6 Å². The topological polar surface area (TPSA) is 119 Å². The minimum absolute atomic E-state index is 0.0666. The van der Waals surface area contributed by atoms with Gasteiger partial charge in [0.05, 0.1) is 11.7 Å². The van der Waals surface area contributed by atoms with Crippen LogP contribution in [0.15, 0.2) is 48.7 Å². The van der Waals surface area contributed by atoms with Gasteiger partial charge in [-0.25, -0.2) is 0 Å². The SMILES string of the molecule is O=C1NC(=O)c2ccccc2C1=CNCC(O)c1ccc(O)c(O)c1. The number of hydrogen-bond acceptors (Lipinski definition) is 6. The number of imide groups is 1. The number of phenolic OH excluding ortho intramolecular Hbond substituents is 2. The van der Waals surface area contributed by atoms with Crippen LogP contribution in [0.2, 0.25) is 0 Å². The van der Waals surface area contributed by atoms with Crippen LogP contribution < -0.4 is 10.6 Å². The lowest BCUT2D eigenvalue weighted by Gasteiger charge is -2.18. The molecule has 1 unspecified atom stereocenters. The maximum absolute atomic E-state index is 12.0. The van der Waals surface area contributed by atoms with Crippen molar-refractivity contribution in [2.75, 3.05) is 6.54 Å². The Morgan fingerprint density at radius 1 is 1.00 bits per heavy atom. The van der Waals surface area contributed by atoms with E-state index >= 15 is 0 Å². The van der Waals surface area contributed by atoms with Crippen molar-refractivity contribution in [3.63, 3.8) is 0 Å². The third-order valence-electron chi connectivity index (χ3n) is 3.88. The highest BCUT2D eigenvalue weighted by Gasteiger charge is 2.26. The molecule has 0 saturated heterocycles. The Bertz CT molecular complexity index is 876. The molecule has 7 heteroatoms. The van der Waals surface area contributed by atoms with Gasteiger partial charge in [-0.05, 0) is 23.8 Å². The molecule has 2 aromatic rings. The van der Waals surface area contributed by atoms with E-state index in [2.05, 4.69) is 10.6 Å². The van der Waals surface area contributed by atoms with Crippen molar-refractivity contribution in [1.29, 1.82) is 0 Å². The van der Waals surface area contributed by atoms with Gasteiger partial charge in [0.2, 0.25) is 0 Å².